The number of nitrogens with one attached hydrogen (secondary N) is 2. The molecule has 1 saturated heterocycles. The summed E-state index contributed by atoms with van der Waals surface area (Å²) in [5.41, 5.74) is 0.849. The predicted octanol–water partition coefficient (Wildman–Crippen LogP) is 2.93. The molecule has 1 aliphatic heterocycles. The van der Waals surface area contributed by atoms with E-state index in [0.717, 1.165) is 37.5 Å². The molecule has 2 N–H and O–H groups in total. The molecule has 2 aromatic rings. The van der Waals surface area contributed by atoms with Crippen LogP contribution in [0.2, 0.25) is 5.02 Å². The predicted molar refractivity (Wildman–Crippen MR) is 123 cm³/mol. The molecular weight excluding hydrogens is 507 g/mol. The highest BCUT2D eigenvalue weighted by atomic mass is 127. The van der Waals surface area contributed by atoms with E-state index in [1.807, 2.05) is 12.1 Å². The molecule has 10 heteroatoms. The molecule has 2 heterocycles. The molecule has 158 valence electrons. The molecular formula is C19H26ClIN6O2. The molecule has 1 aromatic carbocycles. The van der Waals surface area contributed by atoms with Crippen molar-refractivity contribution in [3.8, 4) is 11.4 Å². The summed E-state index contributed by atoms with van der Waals surface area (Å²) in [6.07, 6.45) is 2.52. The first-order valence-electron chi connectivity index (χ1n) is 9.33. The van der Waals surface area contributed by atoms with Crippen molar-refractivity contribution < 1.29 is 9.32 Å². The minimum Gasteiger partial charge on any atom is -0.359 e. The number of carbonyl (C=O) groups is 1. The Labute approximate surface area is 192 Å². The number of hydrogen-bond acceptors (Lipinski definition) is 5. The average molecular weight is 533 g/mol. The third-order valence-corrected chi connectivity index (χ3v) is 5.10. The number of nitrogens with zero attached hydrogens (tertiary/aromatic N) is 4. The summed E-state index contributed by atoms with van der Waals surface area (Å²) in [6.45, 7) is 2.12. The Balaban J connectivity index is 0.00000300. The number of halogens is 2. The highest BCUT2D eigenvalue weighted by Gasteiger charge is 2.23. The molecule has 29 heavy (non-hydrogen) atoms. The molecule has 0 aliphatic carbocycles. The lowest BCUT2D eigenvalue weighted by molar-refractivity contribution is -0.121. The Morgan fingerprint density at radius 1 is 1.31 bits per heavy atom. The van der Waals surface area contributed by atoms with E-state index in [4.69, 9.17) is 16.1 Å². The van der Waals surface area contributed by atoms with Crippen LogP contribution in [-0.2, 0) is 11.3 Å². The summed E-state index contributed by atoms with van der Waals surface area (Å²) < 4.78 is 5.33. The van der Waals surface area contributed by atoms with Crippen molar-refractivity contribution in [1.29, 1.82) is 0 Å². The van der Waals surface area contributed by atoms with Gasteiger partial charge in [0, 0.05) is 44.2 Å². The van der Waals surface area contributed by atoms with Crippen LogP contribution in [0.3, 0.4) is 0 Å². The molecule has 1 aromatic heterocycles. The molecule has 1 aliphatic rings. The maximum absolute atomic E-state index is 11.5. The number of benzene rings is 1. The van der Waals surface area contributed by atoms with E-state index in [9.17, 15) is 4.79 Å². The van der Waals surface area contributed by atoms with Crippen LogP contribution < -0.4 is 10.6 Å². The number of carbonyl (C=O) groups excluding carboxylic acids is 1. The van der Waals surface area contributed by atoms with Gasteiger partial charge in [-0.15, -0.1) is 24.0 Å². The second kappa shape index (κ2) is 11.3. The van der Waals surface area contributed by atoms with Crippen molar-refractivity contribution in [3.63, 3.8) is 0 Å². The van der Waals surface area contributed by atoms with Gasteiger partial charge in [-0.05, 0) is 43.0 Å². The number of aromatic nitrogens is 2. The average Bonchev–Trinajstić information content (AvgIpc) is 3.19. The SMILES string of the molecule is CN=C(NCc1nc(-c2ccc(Cl)cc2)no1)N1CCC(CC(=O)NC)CC1.I. The first-order chi connectivity index (χ1) is 13.6. The van der Waals surface area contributed by atoms with E-state index in [1.54, 1.807) is 26.2 Å². The molecule has 0 saturated carbocycles. The zero-order chi connectivity index (χ0) is 19.9. The van der Waals surface area contributed by atoms with E-state index in [1.165, 1.54) is 0 Å². The molecule has 0 radical (unpaired) electrons. The largest absolute Gasteiger partial charge is 0.359 e. The second-order valence-corrected chi connectivity index (χ2v) is 7.16. The van der Waals surface area contributed by atoms with Gasteiger partial charge in [0.1, 0.15) is 0 Å². The lowest BCUT2D eigenvalue weighted by Crippen LogP contribution is -2.45. The third-order valence-electron chi connectivity index (χ3n) is 4.85. The molecule has 1 fully saturated rings. The number of amides is 1. The molecule has 0 spiro atoms. The highest BCUT2D eigenvalue weighted by molar-refractivity contribution is 14.0. The Morgan fingerprint density at radius 2 is 2.00 bits per heavy atom. The Bertz CT molecular complexity index is 818. The first kappa shape index (κ1) is 23.4. The quantitative estimate of drug-likeness (QED) is 0.349. The Kier molecular flexibility index (Phi) is 9.15. The van der Waals surface area contributed by atoms with Gasteiger partial charge in [-0.2, -0.15) is 4.98 Å². The fourth-order valence-corrected chi connectivity index (χ4v) is 3.37. The fraction of sp³-hybridized carbons (Fsp3) is 0.474. The molecule has 8 nitrogen and oxygen atoms in total. The van der Waals surface area contributed by atoms with Crippen molar-refractivity contribution in [2.24, 2.45) is 10.9 Å². The van der Waals surface area contributed by atoms with Crippen molar-refractivity contribution >= 4 is 47.4 Å². The Morgan fingerprint density at radius 3 is 2.62 bits per heavy atom. The standard InChI is InChI=1S/C19H25ClN6O2.HI/c1-21-16(27)11-13-7-9-26(10-8-13)19(22-2)23-12-17-24-18(25-28-17)14-3-5-15(20)6-4-14;/h3-6,13H,7-12H2,1-2H3,(H,21,27)(H,22,23);1H. The molecule has 0 unspecified atom stereocenters. The first-order valence-corrected chi connectivity index (χ1v) is 9.71. The summed E-state index contributed by atoms with van der Waals surface area (Å²) >= 11 is 5.91. The fourth-order valence-electron chi connectivity index (χ4n) is 3.24. The van der Waals surface area contributed by atoms with Crippen LogP contribution in [0.25, 0.3) is 11.4 Å². The maximum Gasteiger partial charge on any atom is 0.246 e. The van der Waals surface area contributed by atoms with Gasteiger partial charge in [0.2, 0.25) is 17.6 Å². The zero-order valence-corrected chi connectivity index (χ0v) is 19.6. The van der Waals surface area contributed by atoms with Crippen LogP contribution in [0.15, 0.2) is 33.8 Å². The normalized spacial score (nSPS) is 15.0. The number of likely N-dealkylation sites (tertiary alicyclic amines) is 1. The van der Waals surface area contributed by atoms with Gasteiger partial charge in [-0.3, -0.25) is 9.79 Å². The van der Waals surface area contributed by atoms with Crippen LogP contribution in [-0.4, -0.2) is 54.1 Å². The number of aliphatic imine (C=N–C) groups is 1. The van der Waals surface area contributed by atoms with Crippen LogP contribution in [0.4, 0.5) is 0 Å². The molecule has 1 amide bonds. The molecule has 0 atom stereocenters. The topological polar surface area (TPSA) is 95.7 Å². The van der Waals surface area contributed by atoms with E-state index in [0.29, 0.717) is 35.6 Å². The van der Waals surface area contributed by atoms with Gasteiger partial charge in [-0.25, -0.2) is 0 Å². The monoisotopic (exact) mass is 532 g/mol. The summed E-state index contributed by atoms with van der Waals surface area (Å²) in [7, 11) is 3.44. The number of rotatable bonds is 5. The molecule has 3 rings (SSSR count). The third kappa shape index (κ3) is 6.56. The highest BCUT2D eigenvalue weighted by Crippen LogP contribution is 2.21. The van der Waals surface area contributed by atoms with Crippen LogP contribution in [0.1, 0.15) is 25.2 Å². The van der Waals surface area contributed by atoms with Crippen molar-refractivity contribution in [3.05, 3.63) is 35.2 Å². The van der Waals surface area contributed by atoms with Crippen LogP contribution in [0.5, 0.6) is 0 Å². The summed E-state index contributed by atoms with van der Waals surface area (Å²) in [5.74, 6) is 2.34. The number of guanidine groups is 1. The van der Waals surface area contributed by atoms with Crippen molar-refractivity contribution in [2.75, 3.05) is 27.2 Å². The lowest BCUT2D eigenvalue weighted by atomic mass is 9.93. The number of piperidine rings is 1. The minimum absolute atomic E-state index is 0. The van der Waals surface area contributed by atoms with Gasteiger partial charge in [0.05, 0.1) is 6.54 Å². The van der Waals surface area contributed by atoms with Gasteiger partial charge in [-0.1, -0.05) is 16.8 Å². The number of hydrogen-bond donors (Lipinski definition) is 2. The van der Waals surface area contributed by atoms with Crippen molar-refractivity contribution in [1.82, 2.24) is 25.7 Å². The zero-order valence-electron chi connectivity index (χ0n) is 16.5. The smallest absolute Gasteiger partial charge is 0.246 e. The van der Waals surface area contributed by atoms with Crippen LogP contribution >= 0.6 is 35.6 Å². The second-order valence-electron chi connectivity index (χ2n) is 6.73. The van der Waals surface area contributed by atoms with Gasteiger partial charge in [0.25, 0.3) is 0 Å². The lowest BCUT2D eigenvalue weighted by Gasteiger charge is -2.33. The van der Waals surface area contributed by atoms with E-state index in [2.05, 4.69) is 30.7 Å². The van der Waals surface area contributed by atoms with Gasteiger partial charge in [0.15, 0.2) is 5.96 Å². The van der Waals surface area contributed by atoms with Gasteiger partial charge < -0.3 is 20.1 Å². The maximum atomic E-state index is 11.5. The van der Waals surface area contributed by atoms with E-state index >= 15 is 0 Å². The summed E-state index contributed by atoms with van der Waals surface area (Å²) in [6, 6.07) is 7.29. The van der Waals surface area contributed by atoms with Gasteiger partial charge >= 0.3 is 0 Å². The Hall–Kier alpha value is -1.88. The van der Waals surface area contributed by atoms with Crippen LogP contribution in [0, 0.1) is 5.92 Å². The van der Waals surface area contributed by atoms with E-state index < -0.39 is 0 Å². The summed E-state index contributed by atoms with van der Waals surface area (Å²) in [5, 5.41) is 10.7. The summed E-state index contributed by atoms with van der Waals surface area (Å²) in [4.78, 5) is 22.5. The minimum atomic E-state index is 0. The molecule has 0 bridgehead atoms. The van der Waals surface area contributed by atoms with Crippen molar-refractivity contribution in [2.45, 2.75) is 25.8 Å². The van der Waals surface area contributed by atoms with E-state index in [-0.39, 0.29) is 29.9 Å².